The molecule has 22 heavy (non-hydrogen) atoms. The molecule has 108 valence electrons. The van der Waals surface area contributed by atoms with Gasteiger partial charge in [-0.15, -0.1) is 0 Å². The molecule has 2 aromatic heterocycles. The summed E-state index contributed by atoms with van der Waals surface area (Å²) in [6.07, 6.45) is 5.30. The summed E-state index contributed by atoms with van der Waals surface area (Å²) in [7, 11) is 1.92. The first-order chi connectivity index (χ1) is 10.7. The van der Waals surface area contributed by atoms with E-state index in [1.807, 2.05) is 54.5 Å². The van der Waals surface area contributed by atoms with Crippen molar-refractivity contribution in [3.8, 4) is 17.2 Å². The number of pyridine rings is 1. The lowest BCUT2D eigenvalue weighted by atomic mass is 10.2. The van der Waals surface area contributed by atoms with Crippen LogP contribution in [0.15, 0.2) is 55.0 Å². The van der Waals surface area contributed by atoms with Gasteiger partial charge in [0.25, 0.3) is 0 Å². The quantitative estimate of drug-likeness (QED) is 0.646. The maximum atomic E-state index is 6.01. The van der Waals surface area contributed by atoms with Crippen molar-refractivity contribution in [3.05, 3.63) is 60.7 Å². The third kappa shape index (κ3) is 1.96. The summed E-state index contributed by atoms with van der Waals surface area (Å²) >= 11 is 5.56. The molecule has 0 amide bonds. The van der Waals surface area contributed by atoms with Crippen LogP contribution in [-0.2, 0) is 0 Å². The number of anilines is 1. The second-order valence-electron chi connectivity index (χ2n) is 4.93. The van der Waals surface area contributed by atoms with Crippen molar-refractivity contribution in [2.24, 2.45) is 0 Å². The van der Waals surface area contributed by atoms with E-state index in [0.29, 0.717) is 16.4 Å². The molecule has 0 bridgehead atoms. The smallest absolute Gasteiger partial charge is 0.176 e. The van der Waals surface area contributed by atoms with Gasteiger partial charge in [0.2, 0.25) is 0 Å². The number of hydrogen-bond donors (Lipinski definition) is 0. The Labute approximate surface area is 132 Å². The summed E-state index contributed by atoms with van der Waals surface area (Å²) in [5.74, 6) is 1.41. The summed E-state index contributed by atoms with van der Waals surface area (Å²) < 4.78 is 7.74. The summed E-state index contributed by atoms with van der Waals surface area (Å²) in [4.78, 5) is 6.65. The fourth-order valence-corrected chi connectivity index (χ4v) is 2.65. The minimum absolute atomic E-state index is 0.627. The van der Waals surface area contributed by atoms with E-state index in [4.69, 9.17) is 17.0 Å². The molecule has 3 aromatic rings. The molecule has 0 spiro atoms. The molecule has 3 heterocycles. The van der Waals surface area contributed by atoms with Crippen LogP contribution in [0.25, 0.3) is 5.69 Å². The number of thiocarbonyl (C=S) groups is 1. The molecule has 0 aliphatic carbocycles. The van der Waals surface area contributed by atoms with Gasteiger partial charge in [0.1, 0.15) is 4.99 Å². The molecule has 0 saturated carbocycles. The number of rotatable bonds is 1. The first kappa shape index (κ1) is 13.0. The van der Waals surface area contributed by atoms with Crippen molar-refractivity contribution in [1.29, 1.82) is 0 Å². The third-order valence-corrected chi connectivity index (χ3v) is 4.01. The molecule has 5 nitrogen and oxygen atoms in total. The van der Waals surface area contributed by atoms with Gasteiger partial charge in [-0.05, 0) is 24.3 Å². The lowest BCUT2D eigenvalue weighted by molar-refractivity contribution is 0.485. The number of aromatic nitrogens is 3. The Hall–Kier alpha value is -2.73. The fraction of sp³-hybridized carbons (Fsp3) is 0.0625. The number of para-hydroxylation sites is 2. The van der Waals surface area contributed by atoms with Gasteiger partial charge in [0.15, 0.2) is 17.2 Å². The van der Waals surface area contributed by atoms with Crippen molar-refractivity contribution in [3.63, 3.8) is 0 Å². The van der Waals surface area contributed by atoms with E-state index in [2.05, 4.69) is 10.1 Å². The van der Waals surface area contributed by atoms with Crippen LogP contribution in [0.4, 0.5) is 5.69 Å². The second-order valence-corrected chi connectivity index (χ2v) is 5.32. The monoisotopic (exact) mass is 308 g/mol. The van der Waals surface area contributed by atoms with Crippen LogP contribution in [0, 0.1) is 0 Å². The van der Waals surface area contributed by atoms with Crippen LogP contribution >= 0.6 is 12.2 Å². The van der Waals surface area contributed by atoms with Gasteiger partial charge >= 0.3 is 0 Å². The predicted molar refractivity (Wildman–Crippen MR) is 88.0 cm³/mol. The Bertz CT molecular complexity index is 860. The van der Waals surface area contributed by atoms with E-state index in [0.717, 1.165) is 17.1 Å². The first-order valence-electron chi connectivity index (χ1n) is 6.79. The van der Waals surface area contributed by atoms with E-state index in [-0.39, 0.29) is 0 Å². The highest BCUT2D eigenvalue weighted by atomic mass is 32.1. The van der Waals surface area contributed by atoms with E-state index >= 15 is 0 Å². The van der Waals surface area contributed by atoms with Gasteiger partial charge in [-0.1, -0.05) is 24.4 Å². The van der Waals surface area contributed by atoms with Crippen molar-refractivity contribution < 1.29 is 4.74 Å². The Morgan fingerprint density at radius 1 is 1.09 bits per heavy atom. The first-order valence-corrected chi connectivity index (χ1v) is 7.20. The molecule has 1 aliphatic rings. The molecule has 0 saturated heterocycles. The van der Waals surface area contributed by atoms with Crippen molar-refractivity contribution in [2.75, 3.05) is 11.9 Å². The van der Waals surface area contributed by atoms with Gasteiger partial charge in [-0.3, -0.25) is 4.98 Å². The number of hydrogen-bond acceptors (Lipinski definition) is 4. The van der Waals surface area contributed by atoms with Crippen LogP contribution in [0.5, 0.6) is 11.5 Å². The molecule has 6 heteroatoms. The average Bonchev–Trinajstić information content (AvgIpc) is 2.95. The Kier molecular flexibility index (Phi) is 2.90. The maximum absolute atomic E-state index is 6.01. The standard InChI is InChI=1S/C16H12N4OS/c1-19-12-6-2-3-7-13(12)21-14-10-20(18-15(14)16(19)22)11-5-4-8-17-9-11/h2-10H,1H3. The van der Waals surface area contributed by atoms with E-state index < -0.39 is 0 Å². The van der Waals surface area contributed by atoms with Crippen molar-refractivity contribution in [1.82, 2.24) is 14.8 Å². The minimum Gasteiger partial charge on any atom is -0.451 e. The van der Waals surface area contributed by atoms with Crippen LogP contribution in [0.2, 0.25) is 0 Å². The topological polar surface area (TPSA) is 43.2 Å². The largest absolute Gasteiger partial charge is 0.451 e. The molecule has 1 aromatic carbocycles. The molecule has 0 unspecified atom stereocenters. The Balaban J connectivity index is 1.86. The van der Waals surface area contributed by atoms with Crippen LogP contribution in [0.1, 0.15) is 5.69 Å². The molecular weight excluding hydrogens is 296 g/mol. The number of fused-ring (bicyclic) bond motifs is 2. The molecule has 0 fully saturated rings. The fourth-order valence-electron chi connectivity index (χ4n) is 2.41. The third-order valence-electron chi connectivity index (χ3n) is 3.54. The predicted octanol–water partition coefficient (Wildman–Crippen LogP) is 3.18. The number of benzene rings is 1. The summed E-state index contributed by atoms with van der Waals surface area (Å²) in [5, 5.41) is 4.56. The van der Waals surface area contributed by atoms with Crippen LogP contribution < -0.4 is 9.64 Å². The lowest BCUT2D eigenvalue weighted by Gasteiger charge is -2.17. The SMILES string of the molecule is CN1C(=S)c2nn(-c3cccnc3)cc2Oc2ccccc21. The van der Waals surface area contributed by atoms with E-state index in [1.54, 1.807) is 17.1 Å². The summed E-state index contributed by atoms with van der Waals surface area (Å²) in [6.45, 7) is 0. The van der Waals surface area contributed by atoms with Gasteiger partial charge in [0, 0.05) is 13.2 Å². The van der Waals surface area contributed by atoms with Crippen molar-refractivity contribution >= 4 is 22.9 Å². The lowest BCUT2D eigenvalue weighted by Crippen LogP contribution is -2.24. The van der Waals surface area contributed by atoms with Gasteiger partial charge in [0.05, 0.1) is 23.8 Å². The van der Waals surface area contributed by atoms with Gasteiger partial charge in [-0.25, -0.2) is 4.68 Å². The zero-order valence-corrected chi connectivity index (χ0v) is 12.6. The Morgan fingerprint density at radius 3 is 2.77 bits per heavy atom. The zero-order valence-electron chi connectivity index (χ0n) is 11.8. The van der Waals surface area contributed by atoms with E-state index in [9.17, 15) is 0 Å². The van der Waals surface area contributed by atoms with E-state index in [1.165, 1.54) is 0 Å². The van der Waals surface area contributed by atoms with Crippen LogP contribution in [-0.4, -0.2) is 26.8 Å². The highest BCUT2D eigenvalue weighted by molar-refractivity contribution is 7.81. The molecule has 1 aliphatic heterocycles. The second kappa shape index (κ2) is 4.92. The Morgan fingerprint density at radius 2 is 1.95 bits per heavy atom. The molecule has 0 atom stereocenters. The number of nitrogens with zero attached hydrogens (tertiary/aromatic N) is 4. The average molecular weight is 308 g/mol. The minimum atomic E-state index is 0.627. The molecule has 0 radical (unpaired) electrons. The molecule has 0 N–H and O–H groups in total. The number of ether oxygens (including phenoxy) is 1. The zero-order chi connectivity index (χ0) is 15.1. The van der Waals surface area contributed by atoms with Gasteiger partial charge in [-0.2, -0.15) is 5.10 Å². The van der Waals surface area contributed by atoms with Gasteiger partial charge < -0.3 is 9.64 Å². The summed E-state index contributed by atoms with van der Waals surface area (Å²) in [6, 6.07) is 11.6. The maximum Gasteiger partial charge on any atom is 0.176 e. The highest BCUT2D eigenvalue weighted by Crippen LogP contribution is 2.38. The molecular formula is C16H12N4OS. The van der Waals surface area contributed by atoms with Crippen LogP contribution in [0.3, 0.4) is 0 Å². The normalized spacial score (nSPS) is 13.1. The summed E-state index contributed by atoms with van der Waals surface area (Å²) in [5.41, 5.74) is 2.44. The van der Waals surface area contributed by atoms with Crippen molar-refractivity contribution in [2.45, 2.75) is 0 Å². The molecule has 4 rings (SSSR count). The highest BCUT2D eigenvalue weighted by Gasteiger charge is 2.26.